The van der Waals surface area contributed by atoms with Crippen LogP contribution in [0.5, 0.6) is 11.5 Å². The van der Waals surface area contributed by atoms with Gasteiger partial charge in [0.1, 0.15) is 23.8 Å². The summed E-state index contributed by atoms with van der Waals surface area (Å²) >= 11 is 0. The summed E-state index contributed by atoms with van der Waals surface area (Å²) in [5, 5.41) is 33.2. The van der Waals surface area contributed by atoms with E-state index in [2.05, 4.69) is 20.5 Å². The number of hydrogen-bond acceptors (Lipinski definition) is 9. The largest absolute Gasteiger partial charge is 0.505 e. The Balaban J connectivity index is 1.72. The van der Waals surface area contributed by atoms with E-state index in [0.717, 1.165) is 0 Å². The zero-order valence-electron chi connectivity index (χ0n) is 15.8. The van der Waals surface area contributed by atoms with Gasteiger partial charge in [0.25, 0.3) is 0 Å². The molecule has 5 rings (SSSR count). The number of amidine groups is 1. The fourth-order valence-electron chi connectivity index (χ4n) is 4.85. The number of anilines is 1. The van der Waals surface area contributed by atoms with Crippen LogP contribution in [0.25, 0.3) is 0 Å². The Labute approximate surface area is 165 Å². The standard InChI is InChI=1S/C18H20N6O5/c1-7-12(22-10-3-4-20-23-10)15(26)11-8(6-29-17(19)27)18(28-2)16-9(21-16)5-24(18)13(11)14(7)25/h3-4,8-9,16,21,25-26H,5-6H2,1-2H3,(H2,19,27)/t8-,9+,16+,18-/m1/s1. The molecule has 0 unspecified atom stereocenters. The van der Waals surface area contributed by atoms with Crippen LogP contribution >= 0.6 is 0 Å². The lowest BCUT2D eigenvalue weighted by atomic mass is 9.88. The molecule has 0 aliphatic carbocycles. The molecule has 29 heavy (non-hydrogen) atoms. The van der Waals surface area contributed by atoms with Crippen molar-refractivity contribution in [1.29, 1.82) is 0 Å². The van der Waals surface area contributed by atoms with E-state index in [9.17, 15) is 15.0 Å². The SMILES string of the molecule is CO[C@@]12[C@H](COC(N)=O)c3c(O)c(N=C4C=CN=N4)c(C)c(O)c3N1C[C@@H]1N[C@@H]12. The molecular formula is C18H20N6O5. The van der Waals surface area contributed by atoms with Crippen molar-refractivity contribution < 1.29 is 24.5 Å². The number of primary amides is 1. The second-order valence-corrected chi connectivity index (χ2v) is 7.43. The molecule has 1 aromatic carbocycles. The van der Waals surface area contributed by atoms with E-state index in [0.29, 0.717) is 29.2 Å². The highest BCUT2D eigenvalue weighted by atomic mass is 16.6. The highest BCUT2D eigenvalue weighted by molar-refractivity contribution is 5.98. The molecule has 2 fully saturated rings. The lowest BCUT2D eigenvalue weighted by Gasteiger charge is -2.38. The Morgan fingerprint density at radius 3 is 2.93 bits per heavy atom. The van der Waals surface area contributed by atoms with E-state index >= 15 is 0 Å². The second kappa shape index (κ2) is 5.91. The number of hydrogen-bond donors (Lipinski definition) is 4. The molecule has 0 aromatic heterocycles. The number of ether oxygens (including phenoxy) is 2. The number of carbonyl (C=O) groups is 1. The van der Waals surface area contributed by atoms with Crippen LogP contribution in [0.3, 0.4) is 0 Å². The summed E-state index contributed by atoms with van der Waals surface area (Å²) in [4.78, 5) is 17.6. The maximum Gasteiger partial charge on any atom is 0.404 e. The van der Waals surface area contributed by atoms with Crippen molar-refractivity contribution in [1.82, 2.24) is 5.32 Å². The first-order chi connectivity index (χ1) is 13.9. The molecular weight excluding hydrogens is 380 g/mol. The molecule has 11 heteroatoms. The minimum atomic E-state index is -0.928. The number of aliphatic imine (C=N–C) groups is 1. The third kappa shape index (κ3) is 2.25. The number of nitrogens with one attached hydrogen (secondary N) is 1. The zero-order chi connectivity index (χ0) is 20.5. The molecule has 1 aromatic rings. The first kappa shape index (κ1) is 17.9. The van der Waals surface area contributed by atoms with Gasteiger partial charge in [-0.05, 0) is 6.92 Å². The number of nitrogens with zero attached hydrogens (tertiary/aromatic N) is 4. The molecule has 1 amide bonds. The van der Waals surface area contributed by atoms with Crippen molar-refractivity contribution >= 4 is 23.3 Å². The number of carbonyl (C=O) groups excluding carboxylic acids is 1. The summed E-state index contributed by atoms with van der Waals surface area (Å²) in [5.74, 6) is -0.428. The van der Waals surface area contributed by atoms with Crippen molar-refractivity contribution in [2.45, 2.75) is 30.7 Å². The van der Waals surface area contributed by atoms with Crippen molar-refractivity contribution in [3.05, 3.63) is 23.4 Å². The second-order valence-electron chi connectivity index (χ2n) is 7.43. The molecule has 4 heterocycles. The predicted octanol–water partition coefficient (Wildman–Crippen LogP) is 1.11. The van der Waals surface area contributed by atoms with Crippen molar-refractivity contribution in [3.63, 3.8) is 0 Å². The number of methoxy groups -OCH3 is 1. The molecule has 0 spiro atoms. The van der Waals surface area contributed by atoms with Crippen molar-refractivity contribution in [2.24, 2.45) is 21.0 Å². The predicted molar refractivity (Wildman–Crippen MR) is 102 cm³/mol. The van der Waals surface area contributed by atoms with Crippen LogP contribution in [0, 0.1) is 6.92 Å². The fraction of sp³-hybridized carbons (Fsp3) is 0.444. The molecule has 0 bridgehead atoms. The number of phenolic OH excluding ortho intramolecular Hbond substituents is 2. The summed E-state index contributed by atoms with van der Waals surface area (Å²) in [6.07, 6.45) is 2.14. The number of rotatable bonds is 4. The van der Waals surface area contributed by atoms with E-state index in [-0.39, 0.29) is 35.9 Å². The first-order valence-electron chi connectivity index (χ1n) is 9.15. The fourth-order valence-corrected chi connectivity index (χ4v) is 4.85. The van der Waals surface area contributed by atoms with Gasteiger partial charge in [0, 0.05) is 36.9 Å². The van der Waals surface area contributed by atoms with Crippen LogP contribution in [0.15, 0.2) is 27.5 Å². The first-order valence-corrected chi connectivity index (χ1v) is 9.15. The summed E-state index contributed by atoms with van der Waals surface area (Å²) in [5.41, 5.74) is 5.71. The lowest BCUT2D eigenvalue weighted by molar-refractivity contribution is -0.0337. The number of piperazine rings is 1. The van der Waals surface area contributed by atoms with E-state index in [4.69, 9.17) is 15.2 Å². The Morgan fingerprint density at radius 2 is 2.28 bits per heavy atom. The van der Waals surface area contributed by atoms with Crippen LogP contribution < -0.4 is 16.0 Å². The quantitative estimate of drug-likeness (QED) is 0.434. The van der Waals surface area contributed by atoms with E-state index in [1.165, 1.54) is 6.20 Å². The van der Waals surface area contributed by atoms with Gasteiger partial charge in [0.15, 0.2) is 11.6 Å². The molecule has 11 nitrogen and oxygen atoms in total. The van der Waals surface area contributed by atoms with Crippen molar-refractivity contribution in [2.75, 3.05) is 25.2 Å². The minimum Gasteiger partial charge on any atom is -0.505 e. The van der Waals surface area contributed by atoms with Crippen LogP contribution in [0.1, 0.15) is 17.0 Å². The molecule has 2 saturated heterocycles. The van der Waals surface area contributed by atoms with Gasteiger partial charge < -0.3 is 35.6 Å². The Kier molecular flexibility index (Phi) is 3.64. The maximum absolute atomic E-state index is 11.3. The van der Waals surface area contributed by atoms with E-state index in [1.54, 1.807) is 20.1 Å². The third-order valence-electron chi connectivity index (χ3n) is 6.12. The van der Waals surface area contributed by atoms with Gasteiger partial charge in [-0.25, -0.2) is 9.79 Å². The van der Waals surface area contributed by atoms with Gasteiger partial charge in [-0.2, -0.15) is 5.11 Å². The number of fused-ring (bicyclic) bond motifs is 5. The number of azo groups is 1. The highest BCUT2D eigenvalue weighted by Crippen LogP contribution is 2.64. The number of amides is 1. The monoisotopic (exact) mass is 400 g/mol. The summed E-state index contributed by atoms with van der Waals surface area (Å²) in [6, 6.07) is 0.145. The van der Waals surface area contributed by atoms with Crippen LogP contribution in [-0.4, -0.2) is 60.2 Å². The lowest BCUT2D eigenvalue weighted by Crippen LogP contribution is -2.54. The number of benzene rings is 1. The molecule has 0 radical (unpaired) electrons. The van der Waals surface area contributed by atoms with E-state index < -0.39 is 17.7 Å². The summed E-state index contributed by atoms with van der Waals surface area (Å²) in [7, 11) is 1.56. The average molecular weight is 400 g/mol. The Hall–Kier alpha value is -3.18. The molecule has 152 valence electrons. The molecule has 4 atom stereocenters. The average Bonchev–Trinajstić information content (AvgIpc) is 3.05. The highest BCUT2D eigenvalue weighted by Gasteiger charge is 2.71. The van der Waals surface area contributed by atoms with Gasteiger partial charge >= 0.3 is 6.09 Å². The van der Waals surface area contributed by atoms with Gasteiger partial charge in [0.05, 0.1) is 23.8 Å². The van der Waals surface area contributed by atoms with Crippen LogP contribution in [0.4, 0.5) is 16.2 Å². The van der Waals surface area contributed by atoms with Crippen LogP contribution in [-0.2, 0) is 9.47 Å². The Bertz CT molecular complexity index is 1010. The third-order valence-corrected chi connectivity index (χ3v) is 6.12. The Morgan fingerprint density at radius 1 is 1.48 bits per heavy atom. The van der Waals surface area contributed by atoms with Gasteiger partial charge in [-0.15, -0.1) is 5.11 Å². The summed E-state index contributed by atoms with van der Waals surface area (Å²) < 4.78 is 11.1. The van der Waals surface area contributed by atoms with Gasteiger partial charge in [0.2, 0.25) is 0 Å². The number of aromatic hydroxyl groups is 2. The zero-order valence-corrected chi connectivity index (χ0v) is 15.8. The topological polar surface area (TPSA) is 164 Å². The number of nitrogens with two attached hydrogens (primary N) is 1. The minimum absolute atomic E-state index is 0.0136. The summed E-state index contributed by atoms with van der Waals surface area (Å²) in [6.45, 7) is 2.13. The smallest absolute Gasteiger partial charge is 0.404 e. The van der Waals surface area contributed by atoms with Gasteiger partial charge in [-0.1, -0.05) is 0 Å². The van der Waals surface area contributed by atoms with E-state index in [1.807, 2.05) is 4.90 Å². The molecule has 4 aliphatic heterocycles. The number of phenols is 2. The van der Waals surface area contributed by atoms with Crippen LogP contribution in [0.2, 0.25) is 0 Å². The van der Waals surface area contributed by atoms with Gasteiger partial charge in [-0.3, -0.25) is 0 Å². The normalized spacial score (nSPS) is 31.9. The molecule has 5 N–H and O–H groups in total. The maximum atomic E-state index is 11.3. The molecule has 4 aliphatic rings. The molecule has 0 saturated carbocycles. The van der Waals surface area contributed by atoms with Crippen molar-refractivity contribution in [3.8, 4) is 11.5 Å².